The highest BCUT2D eigenvalue weighted by molar-refractivity contribution is 5.75. The third-order valence-electron chi connectivity index (χ3n) is 7.61. The number of carbonyl (C=O) groups excluding carboxylic acids is 1. The second kappa shape index (κ2) is 13.5. The second-order valence-corrected chi connectivity index (χ2v) is 9.98. The Morgan fingerprint density at radius 1 is 0.938 bits per heavy atom. The maximum absolute atomic E-state index is 12.6. The Hall–Kier alpha value is -2.01. The Kier molecular flexibility index (Phi) is 10.4. The van der Waals surface area contributed by atoms with Crippen LogP contribution in [-0.4, -0.2) is 5.97 Å². The quantitative estimate of drug-likeness (QED) is 0.179. The van der Waals surface area contributed by atoms with Crippen molar-refractivity contribution in [1.29, 1.82) is 0 Å². The third-order valence-corrected chi connectivity index (χ3v) is 7.61. The molecule has 2 heteroatoms. The van der Waals surface area contributed by atoms with Gasteiger partial charge in [-0.05, 0) is 99.5 Å². The molecule has 2 nitrogen and oxygen atoms in total. The van der Waals surface area contributed by atoms with E-state index < -0.39 is 0 Å². The van der Waals surface area contributed by atoms with E-state index in [4.69, 9.17) is 4.74 Å². The lowest BCUT2D eigenvalue weighted by Crippen LogP contribution is -2.25. The number of rotatable bonds is 8. The number of esters is 1. The van der Waals surface area contributed by atoms with Crippen molar-refractivity contribution in [3.8, 4) is 17.6 Å². The van der Waals surface area contributed by atoms with Gasteiger partial charge in [0.15, 0.2) is 0 Å². The molecule has 0 heterocycles. The fourth-order valence-electron chi connectivity index (χ4n) is 5.27. The van der Waals surface area contributed by atoms with Gasteiger partial charge in [-0.1, -0.05) is 63.9 Å². The van der Waals surface area contributed by atoms with Gasteiger partial charge in [0.1, 0.15) is 5.75 Å². The van der Waals surface area contributed by atoms with Gasteiger partial charge < -0.3 is 4.74 Å². The average molecular weight is 435 g/mol. The summed E-state index contributed by atoms with van der Waals surface area (Å²) in [4.78, 5) is 12.6. The van der Waals surface area contributed by atoms with Crippen LogP contribution in [0.1, 0.15) is 103 Å². The van der Waals surface area contributed by atoms with Gasteiger partial charge in [0.05, 0.1) is 5.92 Å². The zero-order valence-electron chi connectivity index (χ0n) is 20.3. The normalized spacial score (nSPS) is 25.8. The molecule has 32 heavy (non-hydrogen) atoms. The van der Waals surface area contributed by atoms with E-state index in [-0.39, 0.29) is 11.9 Å². The lowest BCUT2D eigenvalue weighted by molar-refractivity contribution is -0.140. The largest absolute Gasteiger partial charge is 0.426 e. The molecule has 0 saturated heterocycles. The van der Waals surface area contributed by atoms with Crippen molar-refractivity contribution in [3.63, 3.8) is 0 Å². The predicted octanol–water partition coefficient (Wildman–Crippen LogP) is 8.10. The van der Waals surface area contributed by atoms with Gasteiger partial charge in [-0.3, -0.25) is 4.79 Å². The first kappa shape index (κ1) is 24.6. The molecule has 1 aromatic rings. The minimum atomic E-state index is -0.0587. The van der Waals surface area contributed by atoms with Gasteiger partial charge in [0, 0.05) is 5.56 Å². The maximum atomic E-state index is 12.6. The van der Waals surface area contributed by atoms with Crippen LogP contribution in [0, 0.1) is 35.5 Å². The number of hydrogen-bond donors (Lipinski definition) is 0. The highest BCUT2D eigenvalue weighted by atomic mass is 16.5. The third kappa shape index (κ3) is 8.16. The van der Waals surface area contributed by atoms with Gasteiger partial charge in [-0.2, -0.15) is 0 Å². The predicted molar refractivity (Wildman–Crippen MR) is 133 cm³/mol. The van der Waals surface area contributed by atoms with Gasteiger partial charge in [-0.25, -0.2) is 0 Å². The summed E-state index contributed by atoms with van der Waals surface area (Å²) in [6, 6.07) is 7.63. The summed E-state index contributed by atoms with van der Waals surface area (Å²) in [7, 11) is 0. The molecule has 1 aromatic carbocycles. The molecule has 0 spiro atoms. The van der Waals surface area contributed by atoms with Crippen LogP contribution in [0.4, 0.5) is 0 Å². The molecule has 0 radical (unpaired) electrons. The van der Waals surface area contributed by atoms with Crippen molar-refractivity contribution in [3.05, 3.63) is 42.0 Å². The van der Waals surface area contributed by atoms with Crippen LogP contribution in [0.3, 0.4) is 0 Å². The van der Waals surface area contributed by atoms with Crippen LogP contribution >= 0.6 is 0 Å². The first-order valence-corrected chi connectivity index (χ1v) is 13.2. The molecular weight excluding hydrogens is 392 g/mol. The highest BCUT2D eigenvalue weighted by Gasteiger charge is 2.27. The Balaban J connectivity index is 1.39. The summed E-state index contributed by atoms with van der Waals surface area (Å²) in [5.74, 6) is 9.44. The maximum Gasteiger partial charge on any atom is 0.314 e. The summed E-state index contributed by atoms with van der Waals surface area (Å²) in [5, 5.41) is 0. The molecule has 2 fully saturated rings. The minimum absolute atomic E-state index is 0.0587. The van der Waals surface area contributed by atoms with E-state index in [1.165, 1.54) is 70.6 Å². The highest BCUT2D eigenvalue weighted by Crippen LogP contribution is 2.33. The van der Waals surface area contributed by atoms with Crippen LogP contribution < -0.4 is 4.74 Å². The van der Waals surface area contributed by atoms with Crippen LogP contribution in [-0.2, 0) is 4.79 Å². The van der Waals surface area contributed by atoms with Crippen molar-refractivity contribution in [2.24, 2.45) is 23.7 Å². The summed E-state index contributed by atoms with van der Waals surface area (Å²) in [5.41, 5.74) is 0.955. The first-order valence-electron chi connectivity index (χ1n) is 13.2. The van der Waals surface area contributed by atoms with Gasteiger partial charge in [-0.15, -0.1) is 0 Å². The molecule has 0 unspecified atom stereocenters. The van der Waals surface area contributed by atoms with Gasteiger partial charge in [0.25, 0.3) is 0 Å². The van der Waals surface area contributed by atoms with Crippen LogP contribution in [0.15, 0.2) is 36.4 Å². The number of carbonyl (C=O) groups is 1. The number of benzene rings is 1. The number of allylic oxidation sites excluding steroid dienone is 2. The summed E-state index contributed by atoms with van der Waals surface area (Å²) in [6.07, 6.45) is 20.5. The molecule has 0 N–H and O–H groups in total. The Morgan fingerprint density at radius 2 is 1.62 bits per heavy atom. The molecule has 2 aliphatic carbocycles. The summed E-state index contributed by atoms with van der Waals surface area (Å²) < 4.78 is 5.66. The first-order chi connectivity index (χ1) is 15.7. The van der Waals surface area contributed by atoms with E-state index in [0.717, 1.165) is 30.2 Å². The average Bonchev–Trinajstić information content (AvgIpc) is 2.84. The molecule has 0 amide bonds. The Labute approximate surface area is 196 Å². The molecular formula is C30H42O2. The second-order valence-electron chi connectivity index (χ2n) is 9.98. The fourth-order valence-corrected chi connectivity index (χ4v) is 5.27. The van der Waals surface area contributed by atoms with Gasteiger partial charge in [0.2, 0.25) is 0 Å². The van der Waals surface area contributed by atoms with E-state index in [9.17, 15) is 4.79 Å². The molecule has 3 rings (SSSR count). The zero-order valence-corrected chi connectivity index (χ0v) is 20.3. The minimum Gasteiger partial charge on any atom is -0.426 e. The van der Waals surface area contributed by atoms with E-state index >= 15 is 0 Å². The SMILES string of the molecule is CCCCC[C@H]1CC[C@H](C(=O)Oc2ccc(C#C/C=C/[C@H]3CC[C@H](CC)CC3)cc2)CC1. The summed E-state index contributed by atoms with van der Waals surface area (Å²) in [6.45, 7) is 4.56. The Bertz CT molecular complexity index is 763. The molecule has 2 aliphatic rings. The summed E-state index contributed by atoms with van der Waals surface area (Å²) >= 11 is 0. The zero-order chi connectivity index (χ0) is 22.6. The van der Waals surface area contributed by atoms with Crippen LogP contribution in [0.2, 0.25) is 0 Å². The molecule has 0 aliphatic heterocycles. The smallest absolute Gasteiger partial charge is 0.314 e. The lowest BCUT2D eigenvalue weighted by atomic mass is 9.80. The van der Waals surface area contributed by atoms with Crippen molar-refractivity contribution in [2.75, 3.05) is 0 Å². The van der Waals surface area contributed by atoms with Crippen molar-refractivity contribution >= 4 is 5.97 Å². The van der Waals surface area contributed by atoms with E-state index in [1.54, 1.807) is 0 Å². The molecule has 0 aromatic heterocycles. The number of hydrogen-bond acceptors (Lipinski definition) is 2. The van der Waals surface area contributed by atoms with Gasteiger partial charge >= 0.3 is 5.97 Å². The monoisotopic (exact) mass is 434 g/mol. The van der Waals surface area contributed by atoms with Crippen molar-refractivity contribution < 1.29 is 9.53 Å². The van der Waals surface area contributed by atoms with E-state index in [0.29, 0.717) is 11.7 Å². The van der Waals surface area contributed by atoms with Crippen LogP contribution in [0.5, 0.6) is 5.75 Å². The van der Waals surface area contributed by atoms with Crippen molar-refractivity contribution in [1.82, 2.24) is 0 Å². The molecule has 0 atom stereocenters. The lowest BCUT2D eigenvalue weighted by Gasteiger charge is -2.27. The van der Waals surface area contributed by atoms with Crippen molar-refractivity contribution in [2.45, 2.75) is 97.3 Å². The van der Waals surface area contributed by atoms with E-state index in [2.05, 4.69) is 31.8 Å². The molecule has 2 saturated carbocycles. The molecule has 174 valence electrons. The topological polar surface area (TPSA) is 26.3 Å². The standard InChI is InChI=1S/C30H42O2/c1-3-5-6-9-26-16-20-28(21-17-26)30(31)32-29-22-18-27(19-23-29)11-8-7-10-25-14-12-24(4-2)13-15-25/h7,10,18-19,22-26,28H,3-6,9,12-17,20-21H2,1-2H3/b10-7+/t24-,25-,26-,28-. The molecule has 0 bridgehead atoms. The fraction of sp³-hybridized carbons (Fsp3) is 0.633. The Morgan fingerprint density at radius 3 is 2.28 bits per heavy atom. The van der Waals surface area contributed by atoms with E-state index in [1.807, 2.05) is 30.3 Å². The number of unbranched alkanes of at least 4 members (excludes halogenated alkanes) is 2. The van der Waals surface area contributed by atoms with Crippen LogP contribution in [0.25, 0.3) is 0 Å². The number of ether oxygens (including phenoxy) is 1.